The molecular weight excluding hydrogens is 295 g/mol. The van der Waals surface area contributed by atoms with Crippen LogP contribution in [0.1, 0.15) is 38.2 Å². The largest absolute Gasteiger partial charge is 0.207 e. The molecule has 1 fully saturated rings. The van der Waals surface area contributed by atoms with Gasteiger partial charge in [0.05, 0.1) is 0 Å². The predicted molar refractivity (Wildman–Crippen MR) is 99.0 cm³/mol. The maximum Gasteiger partial charge on any atom is 0.123 e. The van der Waals surface area contributed by atoms with Crippen LogP contribution in [0.15, 0.2) is 60.7 Å². The number of allylic oxidation sites excluding steroid dienone is 2. The topological polar surface area (TPSA) is 0 Å². The molecule has 0 aliphatic heterocycles. The Balaban J connectivity index is 1.62. The summed E-state index contributed by atoms with van der Waals surface area (Å²) < 4.78 is 13.0. The van der Waals surface area contributed by atoms with Gasteiger partial charge in [0.15, 0.2) is 0 Å². The lowest BCUT2D eigenvalue weighted by atomic mass is 9.82. The molecule has 1 saturated carbocycles. The van der Waals surface area contributed by atoms with E-state index in [-0.39, 0.29) is 5.82 Å². The molecule has 1 aliphatic carbocycles. The molecule has 0 nitrogen and oxygen atoms in total. The second-order valence-electron chi connectivity index (χ2n) is 6.49. The van der Waals surface area contributed by atoms with E-state index in [1.54, 1.807) is 12.1 Å². The summed E-state index contributed by atoms with van der Waals surface area (Å²) in [5.41, 5.74) is 3.17. The van der Waals surface area contributed by atoms with E-state index in [0.29, 0.717) is 5.92 Å². The van der Waals surface area contributed by atoms with E-state index in [1.807, 2.05) is 0 Å². The number of hydrogen-bond acceptors (Lipinski definition) is 0. The molecule has 1 heteroatoms. The van der Waals surface area contributed by atoms with Crippen LogP contribution in [-0.2, 0) is 0 Å². The summed E-state index contributed by atoms with van der Waals surface area (Å²) >= 11 is 0. The van der Waals surface area contributed by atoms with E-state index >= 15 is 0 Å². The number of benzene rings is 2. The van der Waals surface area contributed by atoms with Gasteiger partial charge in [-0.25, -0.2) is 4.39 Å². The zero-order valence-electron chi connectivity index (χ0n) is 14.1. The Labute approximate surface area is 144 Å². The van der Waals surface area contributed by atoms with Crippen LogP contribution in [0.5, 0.6) is 0 Å². The average Bonchev–Trinajstić information content (AvgIpc) is 2.63. The number of halogens is 1. The van der Waals surface area contributed by atoms with Crippen LogP contribution in [0.3, 0.4) is 0 Å². The lowest BCUT2D eigenvalue weighted by Crippen LogP contribution is -2.11. The van der Waals surface area contributed by atoms with Crippen LogP contribution >= 0.6 is 0 Å². The lowest BCUT2D eigenvalue weighted by Gasteiger charge is -2.22. The van der Waals surface area contributed by atoms with E-state index < -0.39 is 0 Å². The predicted octanol–water partition coefficient (Wildman–Crippen LogP) is 6.23. The second-order valence-corrected chi connectivity index (χ2v) is 6.49. The molecule has 0 N–H and O–H groups in total. The maximum atomic E-state index is 13.0. The summed E-state index contributed by atoms with van der Waals surface area (Å²) in [5, 5.41) is 0. The molecule has 24 heavy (non-hydrogen) atoms. The first-order valence-electron chi connectivity index (χ1n) is 8.75. The van der Waals surface area contributed by atoms with Crippen molar-refractivity contribution in [2.24, 2.45) is 11.8 Å². The summed E-state index contributed by atoms with van der Waals surface area (Å²) in [4.78, 5) is 0. The Hall–Kier alpha value is -2.33. The van der Waals surface area contributed by atoms with Gasteiger partial charge < -0.3 is 0 Å². The van der Waals surface area contributed by atoms with E-state index in [2.05, 4.69) is 55.2 Å². The third kappa shape index (κ3) is 4.36. The SMILES string of the molecule is C/C=C/C1CCC(C#Cc2ccc(-c3ccc(F)cc3)cc2)CC1. The Kier molecular flexibility index (Phi) is 5.49. The van der Waals surface area contributed by atoms with Crippen molar-refractivity contribution in [2.45, 2.75) is 32.6 Å². The molecule has 0 unspecified atom stereocenters. The van der Waals surface area contributed by atoms with Gasteiger partial charge >= 0.3 is 0 Å². The Morgan fingerprint density at radius 1 is 0.875 bits per heavy atom. The molecule has 0 saturated heterocycles. The van der Waals surface area contributed by atoms with Crippen molar-refractivity contribution in [1.82, 2.24) is 0 Å². The zero-order chi connectivity index (χ0) is 16.8. The molecule has 2 aromatic carbocycles. The minimum Gasteiger partial charge on any atom is -0.207 e. The van der Waals surface area contributed by atoms with Gasteiger partial charge in [0, 0.05) is 11.5 Å². The Morgan fingerprint density at radius 2 is 1.46 bits per heavy atom. The van der Waals surface area contributed by atoms with E-state index in [1.165, 1.54) is 37.8 Å². The highest BCUT2D eigenvalue weighted by Crippen LogP contribution is 2.29. The van der Waals surface area contributed by atoms with Crippen molar-refractivity contribution >= 4 is 0 Å². The lowest BCUT2D eigenvalue weighted by molar-refractivity contribution is 0.364. The summed E-state index contributed by atoms with van der Waals surface area (Å²) in [5.74, 6) is 7.84. The molecule has 122 valence electrons. The van der Waals surface area contributed by atoms with Crippen LogP contribution in [0.2, 0.25) is 0 Å². The molecule has 0 amide bonds. The van der Waals surface area contributed by atoms with Crippen LogP contribution in [-0.4, -0.2) is 0 Å². The minimum atomic E-state index is -0.203. The van der Waals surface area contributed by atoms with Crippen LogP contribution in [0.4, 0.5) is 4.39 Å². The summed E-state index contributed by atoms with van der Waals surface area (Å²) in [7, 11) is 0. The second kappa shape index (κ2) is 7.97. The fourth-order valence-corrected chi connectivity index (χ4v) is 3.30. The smallest absolute Gasteiger partial charge is 0.123 e. The van der Waals surface area contributed by atoms with Crippen LogP contribution in [0, 0.1) is 29.5 Å². The molecule has 0 aromatic heterocycles. The van der Waals surface area contributed by atoms with E-state index in [4.69, 9.17) is 0 Å². The molecular formula is C23H23F. The van der Waals surface area contributed by atoms with Crippen molar-refractivity contribution in [1.29, 1.82) is 0 Å². The molecule has 0 heterocycles. The third-order valence-electron chi connectivity index (χ3n) is 4.72. The third-order valence-corrected chi connectivity index (χ3v) is 4.72. The van der Waals surface area contributed by atoms with Gasteiger partial charge in [0.2, 0.25) is 0 Å². The van der Waals surface area contributed by atoms with Crippen LogP contribution < -0.4 is 0 Å². The van der Waals surface area contributed by atoms with Gasteiger partial charge in [-0.1, -0.05) is 48.3 Å². The minimum absolute atomic E-state index is 0.203. The summed E-state index contributed by atoms with van der Waals surface area (Å²) in [6, 6.07) is 14.8. The van der Waals surface area contributed by atoms with Crippen molar-refractivity contribution in [2.75, 3.05) is 0 Å². The highest BCUT2D eigenvalue weighted by atomic mass is 19.1. The van der Waals surface area contributed by atoms with Crippen molar-refractivity contribution < 1.29 is 4.39 Å². The molecule has 0 atom stereocenters. The van der Waals surface area contributed by atoms with Crippen LogP contribution in [0.25, 0.3) is 11.1 Å². The fourth-order valence-electron chi connectivity index (χ4n) is 3.30. The first-order valence-corrected chi connectivity index (χ1v) is 8.75. The Bertz CT molecular complexity index is 733. The van der Waals surface area contributed by atoms with Crippen molar-refractivity contribution in [3.63, 3.8) is 0 Å². The molecule has 0 spiro atoms. The van der Waals surface area contributed by atoms with Crippen molar-refractivity contribution in [3.8, 4) is 23.0 Å². The van der Waals surface area contributed by atoms with Gasteiger partial charge in [-0.2, -0.15) is 0 Å². The molecule has 1 aliphatic rings. The highest BCUT2D eigenvalue weighted by Gasteiger charge is 2.17. The van der Waals surface area contributed by atoms with Gasteiger partial charge in [0.1, 0.15) is 5.82 Å². The molecule has 2 aromatic rings. The molecule has 0 bridgehead atoms. The standard InChI is InChI=1S/C23H23F/c1-2-3-18-4-6-19(7-5-18)8-9-20-10-12-21(13-11-20)22-14-16-23(24)17-15-22/h2-3,10-19H,4-7H2,1H3/b3-2+. The normalized spacial score (nSPS) is 20.6. The van der Waals surface area contributed by atoms with Gasteiger partial charge in [-0.3, -0.25) is 0 Å². The Morgan fingerprint density at radius 3 is 2.04 bits per heavy atom. The molecule has 0 radical (unpaired) electrons. The van der Waals surface area contributed by atoms with E-state index in [9.17, 15) is 4.39 Å². The number of rotatable bonds is 2. The fraction of sp³-hybridized carbons (Fsp3) is 0.304. The van der Waals surface area contributed by atoms with E-state index in [0.717, 1.165) is 22.6 Å². The van der Waals surface area contributed by atoms with Gasteiger partial charge in [-0.05, 0) is 73.9 Å². The highest BCUT2D eigenvalue weighted by molar-refractivity contribution is 5.64. The summed E-state index contributed by atoms with van der Waals surface area (Å²) in [6.07, 6.45) is 9.42. The van der Waals surface area contributed by atoms with Crippen molar-refractivity contribution in [3.05, 3.63) is 72.1 Å². The quantitative estimate of drug-likeness (QED) is 0.455. The van der Waals surface area contributed by atoms with Gasteiger partial charge in [-0.15, -0.1) is 0 Å². The first kappa shape index (κ1) is 16.5. The zero-order valence-corrected chi connectivity index (χ0v) is 14.1. The summed E-state index contributed by atoms with van der Waals surface area (Å²) in [6.45, 7) is 2.10. The molecule has 3 rings (SSSR count). The number of hydrogen-bond donors (Lipinski definition) is 0. The monoisotopic (exact) mass is 318 g/mol. The average molecular weight is 318 g/mol. The first-order chi connectivity index (χ1) is 11.7. The maximum absolute atomic E-state index is 13.0. The van der Waals surface area contributed by atoms with Gasteiger partial charge in [0.25, 0.3) is 0 Å².